The van der Waals surface area contributed by atoms with Gasteiger partial charge in [0.15, 0.2) is 11.5 Å². The monoisotopic (exact) mass is 404 g/mol. The number of thioether (sulfide) groups is 1. The molecule has 3 aromatic rings. The number of aryl methyl sites for hydroxylation is 1. The van der Waals surface area contributed by atoms with Crippen LogP contribution >= 0.6 is 11.8 Å². The number of nitrogens with zero attached hydrogens (tertiary/aromatic N) is 6. The van der Waals surface area contributed by atoms with Gasteiger partial charge in [-0.2, -0.15) is 4.98 Å². The second kappa shape index (κ2) is 7.16. The summed E-state index contributed by atoms with van der Waals surface area (Å²) in [5.74, 6) is 2.17. The summed E-state index contributed by atoms with van der Waals surface area (Å²) in [6.07, 6.45) is 0. The van der Waals surface area contributed by atoms with E-state index in [0.29, 0.717) is 39.4 Å². The van der Waals surface area contributed by atoms with Gasteiger partial charge in [0, 0.05) is 25.4 Å². The fraction of sp³-hybridized carbons (Fsp3) is 0.556. The lowest BCUT2D eigenvalue weighted by Crippen LogP contribution is -2.38. The number of fused-ring (bicyclic) bond motifs is 1. The van der Waals surface area contributed by atoms with Crippen LogP contribution in [0.4, 0.5) is 0 Å². The SMILES string of the molecule is CC(C)c1noc(CSc2nc(C(C)(C)C)nc3c2c(=O)n(C)c(=O)n3C)n1. The van der Waals surface area contributed by atoms with Crippen LogP contribution < -0.4 is 11.2 Å². The first-order chi connectivity index (χ1) is 13.0. The Morgan fingerprint density at radius 3 is 2.32 bits per heavy atom. The molecule has 0 aromatic carbocycles. The van der Waals surface area contributed by atoms with E-state index in [4.69, 9.17) is 4.52 Å². The van der Waals surface area contributed by atoms with Gasteiger partial charge in [0.25, 0.3) is 5.56 Å². The molecule has 0 aliphatic heterocycles. The van der Waals surface area contributed by atoms with Gasteiger partial charge in [-0.1, -0.05) is 51.5 Å². The van der Waals surface area contributed by atoms with Gasteiger partial charge in [0.1, 0.15) is 16.2 Å². The van der Waals surface area contributed by atoms with Crippen LogP contribution in [0.5, 0.6) is 0 Å². The second-order valence-corrected chi connectivity index (χ2v) is 8.96. The fourth-order valence-corrected chi connectivity index (χ4v) is 3.41. The van der Waals surface area contributed by atoms with Crippen LogP contribution in [0.25, 0.3) is 11.0 Å². The third-order valence-corrected chi connectivity index (χ3v) is 5.23. The zero-order valence-electron chi connectivity index (χ0n) is 17.1. The molecule has 0 saturated carbocycles. The number of rotatable bonds is 4. The first kappa shape index (κ1) is 20.2. The minimum absolute atomic E-state index is 0.164. The molecule has 0 bridgehead atoms. The number of hydrogen-bond acceptors (Lipinski definition) is 8. The quantitative estimate of drug-likeness (QED) is 0.480. The molecule has 0 radical (unpaired) electrons. The van der Waals surface area contributed by atoms with E-state index < -0.39 is 11.2 Å². The first-order valence-electron chi connectivity index (χ1n) is 8.94. The molecule has 0 unspecified atom stereocenters. The van der Waals surface area contributed by atoms with Crippen molar-refractivity contribution in [1.82, 2.24) is 29.2 Å². The smallest absolute Gasteiger partial charge is 0.332 e. The maximum atomic E-state index is 12.8. The molecule has 0 amide bonds. The van der Waals surface area contributed by atoms with E-state index in [0.717, 1.165) is 4.57 Å². The van der Waals surface area contributed by atoms with Crippen molar-refractivity contribution in [1.29, 1.82) is 0 Å². The van der Waals surface area contributed by atoms with E-state index in [1.54, 1.807) is 7.05 Å². The summed E-state index contributed by atoms with van der Waals surface area (Å²) in [6.45, 7) is 9.91. The minimum atomic E-state index is -0.425. The molecule has 0 spiro atoms. The van der Waals surface area contributed by atoms with Crippen molar-refractivity contribution in [2.24, 2.45) is 14.1 Å². The van der Waals surface area contributed by atoms with Crippen molar-refractivity contribution in [3.05, 3.63) is 38.4 Å². The molecule has 150 valence electrons. The van der Waals surface area contributed by atoms with Gasteiger partial charge in [-0.05, 0) is 0 Å². The summed E-state index contributed by atoms with van der Waals surface area (Å²) >= 11 is 1.32. The summed E-state index contributed by atoms with van der Waals surface area (Å²) in [4.78, 5) is 38.7. The predicted molar refractivity (Wildman–Crippen MR) is 107 cm³/mol. The van der Waals surface area contributed by atoms with Crippen LogP contribution in [0.3, 0.4) is 0 Å². The summed E-state index contributed by atoms with van der Waals surface area (Å²) in [7, 11) is 3.05. The van der Waals surface area contributed by atoms with Gasteiger partial charge >= 0.3 is 5.69 Å². The zero-order valence-corrected chi connectivity index (χ0v) is 17.9. The number of aromatic nitrogens is 6. The second-order valence-electron chi connectivity index (χ2n) is 8.00. The van der Waals surface area contributed by atoms with Gasteiger partial charge in [0.05, 0.1) is 5.75 Å². The maximum Gasteiger partial charge on any atom is 0.332 e. The van der Waals surface area contributed by atoms with Crippen molar-refractivity contribution in [2.75, 3.05) is 0 Å². The summed E-state index contributed by atoms with van der Waals surface area (Å²) < 4.78 is 7.73. The molecule has 10 heteroatoms. The Morgan fingerprint density at radius 2 is 1.75 bits per heavy atom. The lowest BCUT2D eigenvalue weighted by Gasteiger charge is -2.19. The van der Waals surface area contributed by atoms with Crippen molar-refractivity contribution in [2.45, 2.75) is 56.7 Å². The molecule has 0 fully saturated rings. The Morgan fingerprint density at radius 1 is 1.07 bits per heavy atom. The van der Waals surface area contributed by atoms with Gasteiger partial charge in [0.2, 0.25) is 5.89 Å². The normalized spacial score (nSPS) is 12.3. The fourth-order valence-electron chi connectivity index (χ4n) is 2.56. The Hall–Kier alpha value is -2.49. The first-order valence-corrected chi connectivity index (χ1v) is 9.92. The molecular weight excluding hydrogens is 380 g/mol. The topological polar surface area (TPSA) is 109 Å². The predicted octanol–water partition coefficient (Wildman–Crippen LogP) is 2.12. The Balaban J connectivity index is 2.16. The van der Waals surface area contributed by atoms with Crippen molar-refractivity contribution < 1.29 is 4.52 Å². The molecule has 28 heavy (non-hydrogen) atoms. The van der Waals surface area contributed by atoms with E-state index >= 15 is 0 Å². The van der Waals surface area contributed by atoms with E-state index in [9.17, 15) is 9.59 Å². The Bertz CT molecular complexity index is 1150. The lowest BCUT2D eigenvalue weighted by atomic mass is 9.96. The van der Waals surface area contributed by atoms with Gasteiger partial charge in [-0.25, -0.2) is 14.8 Å². The summed E-state index contributed by atoms with van der Waals surface area (Å²) in [5.41, 5.74) is -0.875. The largest absolute Gasteiger partial charge is 0.338 e. The Kier molecular flexibility index (Phi) is 5.18. The standard InChI is InChI=1S/C18H24N6O3S/c1-9(2)12-19-10(27-22-12)8-28-14-11-13(20-16(21-14)18(3,4)5)23(6)17(26)24(7)15(11)25/h9H,8H2,1-7H3. The highest BCUT2D eigenvalue weighted by molar-refractivity contribution is 7.98. The van der Waals surface area contributed by atoms with E-state index in [1.807, 2.05) is 34.6 Å². The highest BCUT2D eigenvalue weighted by Gasteiger charge is 2.24. The minimum Gasteiger partial charge on any atom is -0.338 e. The van der Waals surface area contributed by atoms with Crippen LogP contribution in [0.2, 0.25) is 0 Å². The van der Waals surface area contributed by atoms with E-state index in [-0.39, 0.29) is 11.3 Å². The molecule has 3 aromatic heterocycles. The van der Waals surface area contributed by atoms with Crippen LogP contribution in [-0.4, -0.2) is 29.2 Å². The third kappa shape index (κ3) is 3.60. The molecule has 0 N–H and O–H groups in total. The highest BCUT2D eigenvalue weighted by Crippen LogP contribution is 2.29. The maximum absolute atomic E-state index is 12.8. The molecule has 0 aliphatic rings. The van der Waals surface area contributed by atoms with Crippen LogP contribution in [0.1, 0.15) is 58.1 Å². The molecule has 0 atom stereocenters. The molecule has 0 aliphatic carbocycles. The number of hydrogen-bond donors (Lipinski definition) is 0. The molecule has 9 nitrogen and oxygen atoms in total. The molecule has 3 heterocycles. The van der Waals surface area contributed by atoms with Gasteiger partial charge in [-0.15, -0.1) is 0 Å². The van der Waals surface area contributed by atoms with Crippen molar-refractivity contribution in [3.63, 3.8) is 0 Å². The molecular formula is C18H24N6O3S. The third-order valence-electron chi connectivity index (χ3n) is 4.27. The average Bonchev–Trinajstić information content (AvgIpc) is 3.10. The highest BCUT2D eigenvalue weighted by atomic mass is 32.2. The van der Waals surface area contributed by atoms with Gasteiger partial charge < -0.3 is 4.52 Å². The summed E-state index contributed by atoms with van der Waals surface area (Å²) in [5, 5.41) is 4.77. The van der Waals surface area contributed by atoms with Crippen molar-refractivity contribution in [3.8, 4) is 0 Å². The summed E-state index contributed by atoms with van der Waals surface area (Å²) in [6, 6.07) is 0. The molecule has 3 rings (SSSR count). The Labute approximate surface area is 166 Å². The lowest BCUT2D eigenvalue weighted by molar-refractivity contribution is 0.383. The molecule has 0 saturated heterocycles. The van der Waals surface area contributed by atoms with E-state index in [2.05, 4.69) is 20.1 Å². The van der Waals surface area contributed by atoms with Crippen LogP contribution in [-0.2, 0) is 25.3 Å². The van der Waals surface area contributed by atoms with Crippen LogP contribution in [0.15, 0.2) is 19.1 Å². The van der Waals surface area contributed by atoms with E-state index in [1.165, 1.54) is 23.4 Å². The average molecular weight is 404 g/mol. The zero-order chi connectivity index (χ0) is 20.8. The van der Waals surface area contributed by atoms with Gasteiger partial charge in [-0.3, -0.25) is 13.9 Å². The van der Waals surface area contributed by atoms with Crippen LogP contribution in [0, 0.1) is 0 Å². The van der Waals surface area contributed by atoms with Crippen molar-refractivity contribution >= 4 is 22.8 Å².